The van der Waals surface area contributed by atoms with Gasteiger partial charge in [-0.2, -0.15) is 4.98 Å². The van der Waals surface area contributed by atoms with Gasteiger partial charge in [0.05, 0.1) is 0 Å². The van der Waals surface area contributed by atoms with Crippen LogP contribution >= 0.6 is 11.8 Å². The van der Waals surface area contributed by atoms with E-state index in [0.717, 1.165) is 11.4 Å². The Balaban J connectivity index is 1.98. The topological polar surface area (TPSA) is 60.9 Å². The molecule has 2 aromatic carbocycles. The van der Waals surface area contributed by atoms with Crippen molar-refractivity contribution in [2.75, 3.05) is 5.73 Å². The summed E-state index contributed by atoms with van der Waals surface area (Å²) in [4.78, 5) is 15.9. The summed E-state index contributed by atoms with van der Waals surface area (Å²) in [5.41, 5.74) is 8.99. The quantitative estimate of drug-likeness (QED) is 0.590. The van der Waals surface area contributed by atoms with Gasteiger partial charge in [-0.15, -0.1) is 0 Å². The number of nitrogens with two attached hydrogens (primary N) is 1. The molecule has 0 radical (unpaired) electrons. The fraction of sp³-hybridized carbons (Fsp3) is 0.111. The maximum Gasteiger partial charge on any atom is 0.275 e. The lowest BCUT2D eigenvalue weighted by Gasteiger charge is -2.15. The molecule has 4 nitrogen and oxygen atoms in total. The third-order valence-corrected chi connectivity index (χ3v) is 4.44. The van der Waals surface area contributed by atoms with Gasteiger partial charge in [0, 0.05) is 17.5 Å². The van der Waals surface area contributed by atoms with E-state index in [0.29, 0.717) is 11.0 Å². The van der Waals surface area contributed by atoms with Gasteiger partial charge in [-0.05, 0) is 24.6 Å². The van der Waals surface area contributed by atoms with Crippen molar-refractivity contribution in [2.45, 2.75) is 17.8 Å². The summed E-state index contributed by atoms with van der Waals surface area (Å²) in [6.45, 7) is 2.03. The Labute approximate surface area is 139 Å². The Kier molecular flexibility index (Phi) is 4.48. The molecule has 23 heavy (non-hydrogen) atoms. The first-order valence-corrected chi connectivity index (χ1v) is 8.25. The monoisotopic (exact) mass is 323 g/mol. The zero-order valence-corrected chi connectivity index (χ0v) is 13.6. The normalized spacial score (nSPS) is 10.7. The van der Waals surface area contributed by atoms with Crippen molar-refractivity contribution >= 4 is 17.6 Å². The third kappa shape index (κ3) is 3.63. The maximum atomic E-state index is 11.7. The van der Waals surface area contributed by atoms with E-state index >= 15 is 0 Å². The van der Waals surface area contributed by atoms with E-state index in [9.17, 15) is 4.79 Å². The molecule has 0 bridgehead atoms. The molecule has 0 aliphatic heterocycles. The number of nitrogens with zero attached hydrogens (tertiary/aromatic N) is 2. The smallest absolute Gasteiger partial charge is 0.275 e. The van der Waals surface area contributed by atoms with Crippen molar-refractivity contribution in [1.82, 2.24) is 9.55 Å². The molecule has 3 aromatic rings. The molecule has 1 heterocycles. The van der Waals surface area contributed by atoms with Crippen LogP contribution in [0.2, 0.25) is 0 Å². The second kappa shape index (κ2) is 6.71. The maximum absolute atomic E-state index is 11.7. The van der Waals surface area contributed by atoms with Crippen molar-refractivity contribution < 1.29 is 0 Å². The van der Waals surface area contributed by atoms with Gasteiger partial charge in [0.1, 0.15) is 5.82 Å². The molecule has 0 amide bonds. The van der Waals surface area contributed by atoms with Gasteiger partial charge >= 0.3 is 0 Å². The summed E-state index contributed by atoms with van der Waals surface area (Å²) in [6.07, 6.45) is 0. The number of nitrogen functional groups attached to an aromatic ring is 1. The molecule has 0 saturated carbocycles. The molecule has 0 unspecified atom stereocenters. The molecule has 0 atom stereocenters. The Morgan fingerprint density at radius 3 is 2.48 bits per heavy atom. The van der Waals surface area contributed by atoms with Crippen molar-refractivity contribution in [3.8, 4) is 5.69 Å². The predicted octanol–water partition coefficient (Wildman–Crippen LogP) is 3.42. The van der Waals surface area contributed by atoms with Gasteiger partial charge in [-0.25, -0.2) is 0 Å². The van der Waals surface area contributed by atoms with Gasteiger partial charge in [-0.3, -0.25) is 9.36 Å². The van der Waals surface area contributed by atoms with Crippen LogP contribution in [0.1, 0.15) is 11.1 Å². The lowest BCUT2D eigenvalue weighted by Crippen LogP contribution is -2.16. The van der Waals surface area contributed by atoms with Crippen LogP contribution in [0.3, 0.4) is 0 Å². The highest BCUT2D eigenvalue weighted by Crippen LogP contribution is 2.25. The molecule has 0 saturated heterocycles. The van der Waals surface area contributed by atoms with Crippen LogP contribution in [-0.4, -0.2) is 9.55 Å². The zero-order valence-electron chi connectivity index (χ0n) is 12.8. The largest absolute Gasteiger partial charge is 0.385 e. The molecule has 0 aliphatic carbocycles. The number of hydrogen-bond donors (Lipinski definition) is 1. The number of hydrogen-bond acceptors (Lipinski definition) is 4. The van der Waals surface area contributed by atoms with Crippen LogP contribution in [0.4, 0.5) is 5.82 Å². The van der Waals surface area contributed by atoms with Crippen LogP contribution in [0, 0.1) is 6.92 Å². The van der Waals surface area contributed by atoms with Gasteiger partial charge in [-0.1, -0.05) is 59.8 Å². The molecule has 3 rings (SSSR count). The third-order valence-electron chi connectivity index (χ3n) is 3.43. The molecule has 2 N–H and O–H groups in total. The fourth-order valence-electron chi connectivity index (χ4n) is 2.25. The Morgan fingerprint density at radius 2 is 1.78 bits per heavy atom. The van der Waals surface area contributed by atoms with Crippen molar-refractivity contribution in [1.29, 1.82) is 0 Å². The molecule has 116 valence electrons. The first-order valence-electron chi connectivity index (χ1n) is 7.27. The minimum atomic E-state index is -0.318. The minimum Gasteiger partial charge on any atom is -0.385 e. The highest BCUT2D eigenvalue weighted by atomic mass is 32.2. The van der Waals surface area contributed by atoms with Gasteiger partial charge in [0.15, 0.2) is 5.16 Å². The Hall–Kier alpha value is -2.53. The summed E-state index contributed by atoms with van der Waals surface area (Å²) in [5, 5.41) is 0.600. The average molecular weight is 323 g/mol. The second-order valence-corrected chi connectivity index (χ2v) is 6.19. The first-order chi connectivity index (χ1) is 11.1. The van der Waals surface area contributed by atoms with E-state index in [1.54, 1.807) is 0 Å². The second-order valence-electron chi connectivity index (χ2n) is 5.25. The first kappa shape index (κ1) is 15.4. The molecule has 1 aromatic heterocycles. The molecular weight excluding hydrogens is 306 g/mol. The molecular formula is C18H17N3OS. The fourth-order valence-corrected chi connectivity index (χ4v) is 3.23. The van der Waals surface area contributed by atoms with Crippen LogP contribution in [0.15, 0.2) is 70.6 Å². The number of aromatic nitrogens is 2. The highest BCUT2D eigenvalue weighted by molar-refractivity contribution is 7.98. The summed E-state index contributed by atoms with van der Waals surface area (Å²) in [6, 6.07) is 19.4. The van der Waals surface area contributed by atoms with E-state index in [1.165, 1.54) is 29.0 Å². The lowest BCUT2D eigenvalue weighted by atomic mass is 10.2. The molecule has 0 aliphatic rings. The van der Waals surface area contributed by atoms with Crippen molar-refractivity contribution in [2.24, 2.45) is 0 Å². The minimum absolute atomic E-state index is 0.318. The Morgan fingerprint density at radius 1 is 1.09 bits per heavy atom. The number of thioether (sulfide) groups is 1. The van der Waals surface area contributed by atoms with Crippen LogP contribution in [0.5, 0.6) is 0 Å². The number of anilines is 1. The van der Waals surface area contributed by atoms with E-state index < -0.39 is 0 Å². The number of benzene rings is 2. The van der Waals surface area contributed by atoms with Gasteiger partial charge in [0.2, 0.25) is 0 Å². The molecule has 0 spiro atoms. The SMILES string of the molecule is Cc1ccc(-n2c(N)cc(=O)nc2SCc2ccccc2)cc1. The molecule has 5 heteroatoms. The van der Waals surface area contributed by atoms with Crippen LogP contribution in [-0.2, 0) is 5.75 Å². The standard InChI is InChI=1S/C18H17N3OS/c1-13-7-9-15(10-8-13)21-16(19)11-17(22)20-18(21)23-12-14-5-3-2-4-6-14/h2-11H,12,19H2,1H3. The summed E-state index contributed by atoms with van der Waals surface area (Å²) >= 11 is 1.50. The number of aryl methyl sites for hydroxylation is 1. The van der Waals surface area contributed by atoms with Crippen molar-refractivity contribution in [3.63, 3.8) is 0 Å². The van der Waals surface area contributed by atoms with E-state index in [2.05, 4.69) is 4.98 Å². The summed E-state index contributed by atoms with van der Waals surface area (Å²) in [7, 11) is 0. The zero-order chi connectivity index (χ0) is 16.2. The summed E-state index contributed by atoms with van der Waals surface area (Å²) < 4.78 is 1.81. The number of rotatable bonds is 4. The predicted molar refractivity (Wildman–Crippen MR) is 95.0 cm³/mol. The molecule has 0 fully saturated rings. The lowest BCUT2D eigenvalue weighted by molar-refractivity contribution is 0.822. The van der Waals surface area contributed by atoms with Crippen molar-refractivity contribution in [3.05, 3.63) is 82.1 Å². The summed E-state index contributed by atoms with van der Waals surface area (Å²) in [5.74, 6) is 1.12. The van der Waals surface area contributed by atoms with Gasteiger partial charge < -0.3 is 5.73 Å². The van der Waals surface area contributed by atoms with E-state index in [4.69, 9.17) is 5.73 Å². The average Bonchev–Trinajstić information content (AvgIpc) is 2.55. The highest BCUT2D eigenvalue weighted by Gasteiger charge is 2.10. The van der Waals surface area contributed by atoms with Gasteiger partial charge in [0.25, 0.3) is 5.56 Å². The van der Waals surface area contributed by atoms with Crippen LogP contribution < -0.4 is 11.3 Å². The van der Waals surface area contributed by atoms with Crippen LogP contribution in [0.25, 0.3) is 5.69 Å². The van der Waals surface area contributed by atoms with E-state index in [1.807, 2.05) is 66.1 Å². The Bertz CT molecular complexity index is 858. The van der Waals surface area contributed by atoms with E-state index in [-0.39, 0.29) is 5.56 Å².